The van der Waals surface area contributed by atoms with Crippen LogP contribution in [0.15, 0.2) is 170 Å². The lowest BCUT2D eigenvalue weighted by Crippen LogP contribution is -1.85. The van der Waals surface area contributed by atoms with Crippen molar-refractivity contribution in [2.24, 2.45) is 0 Å². The molecule has 0 radical (unpaired) electrons. The van der Waals surface area contributed by atoms with E-state index in [0.29, 0.717) is 0 Å². The van der Waals surface area contributed by atoms with E-state index >= 15 is 0 Å². The van der Waals surface area contributed by atoms with E-state index in [0.717, 1.165) is 0 Å². The van der Waals surface area contributed by atoms with E-state index in [9.17, 15) is 0 Å². The molecule has 0 unspecified atom stereocenters. The van der Waals surface area contributed by atoms with Crippen molar-refractivity contribution in [1.82, 2.24) is 0 Å². The molecule has 0 aromatic heterocycles. The van der Waals surface area contributed by atoms with Crippen LogP contribution in [0, 0.1) is 0 Å². The van der Waals surface area contributed by atoms with Crippen molar-refractivity contribution < 1.29 is 0 Å². The zero-order valence-corrected chi connectivity index (χ0v) is 23.2. The molecule has 0 amide bonds. The molecule has 7 aromatic rings. The summed E-state index contributed by atoms with van der Waals surface area (Å²) in [5.41, 5.74) is 17.1. The molecule has 7 aromatic carbocycles. The van der Waals surface area contributed by atoms with Gasteiger partial charge in [0.05, 0.1) is 0 Å². The molecule has 0 aliphatic heterocycles. The predicted molar refractivity (Wildman–Crippen MR) is 178 cm³/mol. The van der Waals surface area contributed by atoms with Crippen LogP contribution in [0.4, 0.5) is 0 Å². The van der Waals surface area contributed by atoms with Gasteiger partial charge >= 0.3 is 0 Å². The summed E-state index contributed by atoms with van der Waals surface area (Å²) in [6.07, 6.45) is 0. The zero-order valence-electron chi connectivity index (χ0n) is 23.2. The van der Waals surface area contributed by atoms with Crippen molar-refractivity contribution in [2.45, 2.75) is 0 Å². The van der Waals surface area contributed by atoms with Crippen molar-refractivity contribution in [3.05, 3.63) is 170 Å². The fourth-order valence-electron chi connectivity index (χ4n) is 6.15. The highest BCUT2D eigenvalue weighted by Crippen LogP contribution is 2.35. The summed E-state index contributed by atoms with van der Waals surface area (Å²) in [4.78, 5) is 0. The van der Waals surface area contributed by atoms with Gasteiger partial charge in [-0.25, -0.2) is 0 Å². The third kappa shape index (κ3) is 4.54. The SMILES string of the molecule is c1cc2cc(c1)-c1cccc(c1)-c1cccc(c1)-c1cccc(c1)-c1cccc(c1)-c1cccc(c1)-c1cccc-2c1. The molecule has 0 atom stereocenters. The maximum absolute atomic E-state index is 2.31. The van der Waals surface area contributed by atoms with Crippen LogP contribution in [0.5, 0.6) is 0 Å². The van der Waals surface area contributed by atoms with E-state index < -0.39 is 0 Å². The van der Waals surface area contributed by atoms with Crippen LogP contribution < -0.4 is 0 Å². The molecule has 14 bridgehead atoms. The summed E-state index contributed by atoms with van der Waals surface area (Å²) < 4.78 is 0. The first-order valence-electron chi connectivity index (χ1n) is 14.5. The van der Waals surface area contributed by atoms with E-state index in [1.54, 1.807) is 0 Å². The minimum atomic E-state index is 1.22. The Morgan fingerprint density at radius 1 is 0.143 bits per heavy atom. The van der Waals surface area contributed by atoms with E-state index in [1.807, 2.05) is 0 Å². The molecule has 1 aliphatic rings. The summed E-state index contributed by atoms with van der Waals surface area (Å²) in [5, 5.41) is 0. The van der Waals surface area contributed by atoms with Crippen molar-refractivity contribution in [3.63, 3.8) is 0 Å². The minimum Gasteiger partial charge on any atom is -0.0610 e. The van der Waals surface area contributed by atoms with Gasteiger partial charge < -0.3 is 0 Å². The van der Waals surface area contributed by atoms with Crippen LogP contribution in [-0.2, 0) is 0 Å². The fraction of sp³-hybridized carbons (Fsp3) is 0. The molecule has 0 heterocycles. The smallest absolute Gasteiger partial charge is 0.0178 e. The molecule has 0 saturated carbocycles. The van der Waals surface area contributed by atoms with Crippen LogP contribution in [0.1, 0.15) is 0 Å². The lowest BCUT2D eigenvalue weighted by molar-refractivity contribution is 1.56. The van der Waals surface area contributed by atoms with E-state index in [4.69, 9.17) is 0 Å². The molecular formula is C42H28. The van der Waals surface area contributed by atoms with Crippen molar-refractivity contribution in [2.75, 3.05) is 0 Å². The van der Waals surface area contributed by atoms with Gasteiger partial charge in [0.2, 0.25) is 0 Å². The van der Waals surface area contributed by atoms with Gasteiger partial charge in [-0.1, -0.05) is 127 Å². The first-order chi connectivity index (χ1) is 20.8. The molecule has 0 fully saturated rings. The normalized spacial score (nSPS) is 11.3. The highest BCUT2D eigenvalue weighted by atomic mass is 14.1. The first-order valence-corrected chi connectivity index (χ1v) is 14.5. The van der Waals surface area contributed by atoms with Crippen molar-refractivity contribution in [1.29, 1.82) is 0 Å². The molecule has 0 saturated heterocycles. The summed E-state index contributed by atoms with van der Waals surface area (Å²) in [5.74, 6) is 0. The van der Waals surface area contributed by atoms with Crippen molar-refractivity contribution in [3.8, 4) is 77.9 Å². The van der Waals surface area contributed by atoms with Crippen molar-refractivity contribution >= 4 is 0 Å². The standard InChI is InChI=1S/C42H28/c1-8-29-22-30(9-1)32-11-3-13-34(24-32)36-15-5-17-38(26-36)40-19-7-21-42(28-40)41-20-6-18-39(27-41)37-16-4-14-35(25-37)33-12-2-10-31(29)23-33/h1-28H. The van der Waals surface area contributed by atoms with Crippen LogP contribution in [0.2, 0.25) is 0 Å². The Morgan fingerprint density at radius 3 is 0.333 bits per heavy atom. The quantitative estimate of drug-likeness (QED) is 0.182. The second-order valence-corrected chi connectivity index (χ2v) is 11.1. The summed E-state index contributed by atoms with van der Waals surface area (Å²) in [7, 11) is 0. The van der Waals surface area contributed by atoms with Crippen LogP contribution in [-0.4, -0.2) is 0 Å². The molecule has 1 aliphatic carbocycles. The van der Waals surface area contributed by atoms with Gasteiger partial charge in [0.25, 0.3) is 0 Å². The second-order valence-electron chi connectivity index (χ2n) is 11.1. The lowest BCUT2D eigenvalue weighted by atomic mass is 9.93. The maximum Gasteiger partial charge on any atom is -0.0178 e. The van der Waals surface area contributed by atoms with Gasteiger partial charge in [-0.2, -0.15) is 0 Å². The monoisotopic (exact) mass is 532 g/mol. The minimum absolute atomic E-state index is 1.22. The predicted octanol–water partition coefficient (Wildman–Crippen LogP) is 11.7. The summed E-state index contributed by atoms with van der Waals surface area (Å²) in [6.45, 7) is 0. The molecular weight excluding hydrogens is 504 g/mol. The Labute approximate surface area is 247 Å². The van der Waals surface area contributed by atoms with Gasteiger partial charge in [0.1, 0.15) is 0 Å². The topological polar surface area (TPSA) is 0 Å². The molecule has 8 rings (SSSR count). The largest absolute Gasteiger partial charge is 0.0610 e. The highest BCUT2D eigenvalue weighted by Gasteiger charge is 2.10. The zero-order chi connectivity index (χ0) is 27.9. The fourth-order valence-corrected chi connectivity index (χ4v) is 6.15. The second kappa shape index (κ2) is 10.2. The number of benzene rings is 7. The Balaban J connectivity index is 1.37. The Kier molecular flexibility index (Phi) is 5.90. The molecule has 0 spiro atoms. The average molecular weight is 533 g/mol. The summed E-state index contributed by atoms with van der Waals surface area (Å²) >= 11 is 0. The van der Waals surface area contributed by atoms with Gasteiger partial charge in [0.15, 0.2) is 0 Å². The highest BCUT2D eigenvalue weighted by molar-refractivity contribution is 5.83. The molecule has 42 heavy (non-hydrogen) atoms. The number of hydrogen-bond donors (Lipinski definition) is 0. The third-order valence-electron chi connectivity index (χ3n) is 8.37. The van der Waals surface area contributed by atoms with Crippen LogP contribution in [0.25, 0.3) is 77.9 Å². The molecule has 0 nitrogen and oxygen atoms in total. The average Bonchev–Trinajstić information content (AvgIpc) is 3.08. The van der Waals surface area contributed by atoms with Gasteiger partial charge in [-0.05, 0) is 120 Å². The van der Waals surface area contributed by atoms with E-state index in [1.165, 1.54) is 77.9 Å². The van der Waals surface area contributed by atoms with Gasteiger partial charge in [-0.3, -0.25) is 0 Å². The lowest BCUT2D eigenvalue weighted by Gasteiger charge is -2.11. The van der Waals surface area contributed by atoms with Gasteiger partial charge in [0, 0.05) is 0 Å². The van der Waals surface area contributed by atoms with Crippen LogP contribution in [0.3, 0.4) is 0 Å². The third-order valence-corrected chi connectivity index (χ3v) is 8.37. The number of fused-ring (bicyclic) bond motifs is 21. The Bertz CT molecular complexity index is 1550. The Morgan fingerprint density at radius 2 is 0.238 bits per heavy atom. The van der Waals surface area contributed by atoms with Crippen LogP contribution >= 0.6 is 0 Å². The molecule has 0 N–H and O–H groups in total. The van der Waals surface area contributed by atoms with E-state index in [2.05, 4.69) is 170 Å². The molecule has 0 heteroatoms. The van der Waals surface area contributed by atoms with Gasteiger partial charge in [-0.15, -0.1) is 0 Å². The molecule has 196 valence electrons. The first kappa shape index (κ1) is 24.3. The Hall–Kier alpha value is -5.46. The number of rotatable bonds is 0. The summed E-state index contributed by atoms with van der Waals surface area (Å²) in [6, 6.07) is 62.3. The number of hydrogen-bond acceptors (Lipinski definition) is 0. The maximum atomic E-state index is 2.31. The van der Waals surface area contributed by atoms with E-state index in [-0.39, 0.29) is 0 Å².